The Balaban J connectivity index is 2.30. The third-order valence-corrected chi connectivity index (χ3v) is 2.21. The highest BCUT2D eigenvalue weighted by molar-refractivity contribution is 6.03. The minimum atomic E-state index is -0.807. The number of aryl methyl sites for hydroxylation is 1. The minimum Gasteiger partial charge on any atom is -0.360 e. The molecule has 0 aliphatic rings. The summed E-state index contributed by atoms with van der Waals surface area (Å²) in [6, 6.07) is 2.34. The van der Waals surface area contributed by atoms with E-state index < -0.39 is 16.4 Å². The molecule has 19 heavy (non-hydrogen) atoms. The molecule has 0 aromatic carbocycles. The van der Waals surface area contributed by atoms with E-state index in [1.165, 1.54) is 6.07 Å². The highest BCUT2D eigenvalue weighted by atomic mass is 16.6. The number of carbonyl (C=O) groups excluding carboxylic acids is 1. The molecule has 2 aromatic heterocycles. The number of H-pyrrole nitrogens is 1. The number of rotatable bonds is 3. The lowest BCUT2D eigenvalue weighted by Crippen LogP contribution is -2.23. The van der Waals surface area contributed by atoms with Gasteiger partial charge in [-0.3, -0.25) is 19.7 Å². The molecule has 2 heterocycles. The highest BCUT2D eigenvalue weighted by Gasteiger charge is 2.17. The van der Waals surface area contributed by atoms with Gasteiger partial charge in [-0.1, -0.05) is 5.16 Å². The van der Waals surface area contributed by atoms with Crippen LogP contribution in [0.2, 0.25) is 0 Å². The summed E-state index contributed by atoms with van der Waals surface area (Å²) in [6.07, 6.45) is 0.916. The van der Waals surface area contributed by atoms with Crippen molar-refractivity contribution in [1.82, 2.24) is 10.1 Å². The van der Waals surface area contributed by atoms with Gasteiger partial charge in [0.2, 0.25) is 0 Å². The van der Waals surface area contributed by atoms with Crippen LogP contribution in [-0.4, -0.2) is 21.0 Å². The lowest BCUT2D eigenvalue weighted by atomic mass is 10.2. The standard InChI is InChI=1S/C10H8N4O5/c1-5-2-8(13-19-5)12-10(16)7-3-6(14(17)18)4-11-9(7)15/h2-4H,1H3,(H,11,15)(H,12,13,16). The molecule has 0 aliphatic heterocycles. The second-order valence-corrected chi connectivity index (χ2v) is 3.63. The van der Waals surface area contributed by atoms with Crippen LogP contribution in [-0.2, 0) is 0 Å². The first-order valence-electron chi connectivity index (χ1n) is 5.09. The number of carbonyl (C=O) groups is 1. The number of aromatic amines is 1. The maximum Gasteiger partial charge on any atom is 0.286 e. The normalized spacial score (nSPS) is 10.2. The number of nitrogens with zero attached hydrogens (tertiary/aromatic N) is 2. The number of aromatic nitrogens is 2. The smallest absolute Gasteiger partial charge is 0.286 e. The van der Waals surface area contributed by atoms with Crippen LogP contribution in [0.25, 0.3) is 0 Å². The SMILES string of the molecule is Cc1cc(NC(=O)c2cc([N+](=O)[O-])c[nH]c2=O)no1. The monoisotopic (exact) mass is 264 g/mol. The molecule has 98 valence electrons. The average molecular weight is 264 g/mol. The number of anilines is 1. The zero-order valence-electron chi connectivity index (χ0n) is 9.67. The van der Waals surface area contributed by atoms with E-state index in [2.05, 4.69) is 15.5 Å². The lowest BCUT2D eigenvalue weighted by Gasteiger charge is -2.00. The summed E-state index contributed by atoms with van der Waals surface area (Å²) in [7, 11) is 0. The van der Waals surface area contributed by atoms with Crippen molar-refractivity contribution in [3.63, 3.8) is 0 Å². The van der Waals surface area contributed by atoms with Gasteiger partial charge in [-0.2, -0.15) is 0 Å². The summed E-state index contributed by atoms with van der Waals surface area (Å²) >= 11 is 0. The van der Waals surface area contributed by atoms with Crippen LogP contribution in [0.4, 0.5) is 11.5 Å². The van der Waals surface area contributed by atoms with Crippen LogP contribution < -0.4 is 10.9 Å². The molecule has 1 amide bonds. The Morgan fingerprint density at radius 1 is 1.53 bits per heavy atom. The maximum absolute atomic E-state index is 11.8. The molecule has 0 fully saturated rings. The third-order valence-electron chi connectivity index (χ3n) is 2.21. The van der Waals surface area contributed by atoms with Gasteiger partial charge in [-0.25, -0.2) is 0 Å². The Kier molecular flexibility index (Phi) is 3.10. The predicted octanol–water partition coefficient (Wildman–Crippen LogP) is 0.832. The Bertz CT molecular complexity index is 702. The first-order chi connectivity index (χ1) is 8.97. The lowest BCUT2D eigenvalue weighted by molar-refractivity contribution is -0.385. The van der Waals surface area contributed by atoms with Crippen molar-refractivity contribution in [2.75, 3.05) is 5.32 Å². The number of hydrogen-bond acceptors (Lipinski definition) is 6. The molecule has 0 aliphatic carbocycles. The van der Waals surface area contributed by atoms with E-state index in [0.717, 1.165) is 12.3 Å². The molecular weight excluding hydrogens is 256 g/mol. The Morgan fingerprint density at radius 2 is 2.26 bits per heavy atom. The fourth-order valence-corrected chi connectivity index (χ4v) is 1.36. The van der Waals surface area contributed by atoms with Crippen LogP contribution in [0.3, 0.4) is 0 Å². The van der Waals surface area contributed by atoms with E-state index in [0.29, 0.717) is 5.76 Å². The first kappa shape index (κ1) is 12.5. The van der Waals surface area contributed by atoms with E-state index in [-0.39, 0.29) is 17.1 Å². The van der Waals surface area contributed by atoms with E-state index in [1.807, 2.05) is 0 Å². The van der Waals surface area contributed by atoms with Crippen LogP contribution in [0.15, 0.2) is 27.6 Å². The fraction of sp³-hybridized carbons (Fsp3) is 0.100. The van der Waals surface area contributed by atoms with Crippen molar-refractivity contribution in [3.05, 3.63) is 50.1 Å². The topological polar surface area (TPSA) is 131 Å². The Morgan fingerprint density at radius 3 is 2.84 bits per heavy atom. The quantitative estimate of drug-likeness (QED) is 0.623. The minimum absolute atomic E-state index is 0.119. The van der Waals surface area contributed by atoms with Crippen LogP contribution in [0.1, 0.15) is 16.1 Å². The van der Waals surface area contributed by atoms with Crippen molar-refractivity contribution in [1.29, 1.82) is 0 Å². The molecule has 9 heteroatoms. The van der Waals surface area contributed by atoms with Gasteiger partial charge in [0, 0.05) is 12.1 Å². The molecule has 0 saturated heterocycles. The molecule has 0 bridgehead atoms. The van der Waals surface area contributed by atoms with Crippen molar-refractivity contribution in [2.24, 2.45) is 0 Å². The van der Waals surface area contributed by atoms with Gasteiger partial charge in [0.1, 0.15) is 11.3 Å². The van der Waals surface area contributed by atoms with E-state index >= 15 is 0 Å². The van der Waals surface area contributed by atoms with E-state index in [1.54, 1.807) is 6.92 Å². The average Bonchev–Trinajstić information content (AvgIpc) is 2.74. The number of nitrogens with one attached hydrogen (secondary N) is 2. The largest absolute Gasteiger partial charge is 0.360 e. The molecule has 2 aromatic rings. The summed E-state index contributed by atoms with van der Waals surface area (Å²) in [4.78, 5) is 35.2. The van der Waals surface area contributed by atoms with Crippen molar-refractivity contribution in [3.8, 4) is 0 Å². The van der Waals surface area contributed by atoms with E-state index in [9.17, 15) is 19.7 Å². The first-order valence-corrected chi connectivity index (χ1v) is 5.09. The fourth-order valence-electron chi connectivity index (χ4n) is 1.36. The van der Waals surface area contributed by atoms with Crippen molar-refractivity contribution < 1.29 is 14.2 Å². The van der Waals surface area contributed by atoms with Gasteiger partial charge in [0.25, 0.3) is 17.2 Å². The molecule has 0 saturated carbocycles. The van der Waals surface area contributed by atoms with Gasteiger partial charge in [0.05, 0.1) is 11.1 Å². The molecule has 2 N–H and O–H groups in total. The molecule has 0 unspecified atom stereocenters. The third kappa shape index (κ3) is 2.65. The van der Waals surface area contributed by atoms with Crippen molar-refractivity contribution >= 4 is 17.4 Å². The van der Waals surface area contributed by atoms with Crippen LogP contribution in [0, 0.1) is 17.0 Å². The van der Waals surface area contributed by atoms with Crippen LogP contribution in [0.5, 0.6) is 0 Å². The van der Waals surface area contributed by atoms with Crippen molar-refractivity contribution in [2.45, 2.75) is 6.92 Å². The predicted molar refractivity (Wildman–Crippen MR) is 62.9 cm³/mol. The molecular formula is C10H8N4O5. The summed E-state index contributed by atoms with van der Waals surface area (Å²) in [5.74, 6) is -0.213. The number of hydrogen-bond donors (Lipinski definition) is 2. The van der Waals surface area contributed by atoms with Crippen LogP contribution >= 0.6 is 0 Å². The highest BCUT2D eigenvalue weighted by Crippen LogP contribution is 2.11. The van der Waals surface area contributed by atoms with Gasteiger partial charge < -0.3 is 14.8 Å². The second-order valence-electron chi connectivity index (χ2n) is 3.63. The van der Waals surface area contributed by atoms with E-state index in [4.69, 9.17) is 4.52 Å². The van der Waals surface area contributed by atoms with Gasteiger partial charge in [0.15, 0.2) is 5.82 Å². The number of amides is 1. The summed E-state index contributed by atoms with van der Waals surface area (Å²) in [5.41, 5.74) is -1.50. The molecule has 0 radical (unpaired) electrons. The summed E-state index contributed by atoms with van der Waals surface area (Å²) in [6.45, 7) is 1.63. The molecule has 0 atom stereocenters. The zero-order chi connectivity index (χ0) is 14.0. The zero-order valence-corrected chi connectivity index (χ0v) is 9.67. The summed E-state index contributed by atoms with van der Waals surface area (Å²) in [5, 5.41) is 16.4. The number of nitro groups is 1. The molecule has 9 nitrogen and oxygen atoms in total. The Labute approximate surface area is 105 Å². The number of pyridine rings is 1. The Hall–Kier alpha value is -2.97. The molecule has 0 spiro atoms. The van der Waals surface area contributed by atoms with Gasteiger partial charge >= 0.3 is 0 Å². The van der Waals surface area contributed by atoms with Gasteiger partial charge in [-0.05, 0) is 6.92 Å². The molecule has 2 rings (SSSR count). The summed E-state index contributed by atoms with van der Waals surface area (Å²) < 4.78 is 4.73. The maximum atomic E-state index is 11.8. The second kappa shape index (κ2) is 4.72. The van der Waals surface area contributed by atoms with Gasteiger partial charge in [-0.15, -0.1) is 0 Å².